The van der Waals surface area contributed by atoms with Gasteiger partial charge in [0.15, 0.2) is 0 Å². The number of carbonyl (C=O) groups excluding carboxylic acids is 2. The molecule has 10 rings (SSSR count). The predicted octanol–water partition coefficient (Wildman–Crippen LogP) is 10.0. The third-order valence-electron chi connectivity index (χ3n) is 21.5. The van der Waals surface area contributed by atoms with Crippen LogP contribution in [0.4, 0.5) is 8.78 Å². The summed E-state index contributed by atoms with van der Waals surface area (Å²) in [7, 11) is 3.34. The summed E-state index contributed by atoms with van der Waals surface area (Å²) in [5, 5.41) is 22.8. The Morgan fingerprint density at radius 3 is 1.51 bits per heavy atom. The minimum absolute atomic E-state index is 0. The Labute approximate surface area is 438 Å². The van der Waals surface area contributed by atoms with E-state index in [0.717, 1.165) is 75.5 Å². The van der Waals surface area contributed by atoms with Crippen LogP contribution in [0.15, 0.2) is 48.5 Å². The molecule has 0 radical (unpaired) electrons. The Morgan fingerprint density at radius 2 is 1.06 bits per heavy atom. The topological polar surface area (TPSA) is 87.1 Å². The maximum atomic E-state index is 14.2. The molecule has 8 saturated carbocycles. The Morgan fingerprint density at radius 1 is 0.623 bits per heavy atom. The maximum absolute atomic E-state index is 14.2. The van der Waals surface area contributed by atoms with Crippen molar-refractivity contribution >= 4 is 34.7 Å². The van der Waals surface area contributed by atoms with Crippen LogP contribution in [0.1, 0.15) is 176 Å². The van der Waals surface area contributed by atoms with E-state index in [1.165, 1.54) is 75.0 Å². The van der Waals surface area contributed by atoms with Crippen molar-refractivity contribution in [1.29, 1.82) is 0 Å². The molecule has 0 saturated heterocycles. The monoisotopic (exact) mass is 988 g/mol. The van der Waals surface area contributed by atoms with Crippen LogP contribution in [-0.4, -0.2) is 75.4 Å². The van der Waals surface area contributed by atoms with Crippen LogP contribution >= 0.6 is 0 Å². The Hall–Kier alpha value is -1.75. The molecule has 69 heavy (non-hydrogen) atoms. The summed E-state index contributed by atoms with van der Waals surface area (Å²) in [6, 6.07) is 13.2. The second-order valence-electron chi connectivity index (χ2n) is 24.9. The molecule has 8 aliphatic carbocycles. The van der Waals surface area contributed by atoms with Crippen molar-refractivity contribution < 1.29 is 45.8 Å². The number of rotatable bonds is 5. The summed E-state index contributed by atoms with van der Waals surface area (Å²) in [5.41, 5.74) is 0.997. The molecule has 0 bridgehead atoms. The van der Waals surface area contributed by atoms with Crippen molar-refractivity contribution in [3.63, 3.8) is 0 Å². The zero-order chi connectivity index (χ0) is 47.6. The van der Waals surface area contributed by atoms with Crippen molar-refractivity contribution in [2.24, 2.45) is 80.8 Å². The van der Waals surface area contributed by atoms with Gasteiger partial charge in [0, 0.05) is 31.1 Å². The molecule has 8 aliphatic rings. The second-order valence-corrected chi connectivity index (χ2v) is 24.9. The van der Waals surface area contributed by atoms with Crippen LogP contribution in [0.3, 0.4) is 0 Å². The van der Waals surface area contributed by atoms with Crippen LogP contribution < -0.4 is 12.4 Å². The Bertz CT molecular complexity index is 2070. The van der Waals surface area contributed by atoms with Crippen LogP contribution in [0.5, 0.6) is 0 Å². The molecule has 0 heterocycles. The van der Waals surface area contributed by atoms with E-state index in [1.54, 1.807) is 44.5 Å². The smallest absolute Gasteiger partial charge is 1.00 e. The zero-order valence-corrected chi connectivity index (χ0v) is 45.1. The molecule has 0 aromatic heterocycles. The first-order valence-electron chi connectivity index (χ1n) is 26.2. The van der Waals surface area contributed by atoms with Gasteiger partial charge < -0.3 is 22.6 Å². The molecular weight excluding hydrogens is 900 g/mol. The van der Waals surface area contributed by atoms with Gasteiger partial charge in [0.05, 0.1) is 18.3 Å². The fourth-order valence-electron chi connectivity index (χ4n) is 17.6. The number of hydroxylamine groups is 2. The third kappa shape index (κ3) is 10.9. The largest absolute Gasteiger partial charge is 2.00 e. The van der Waals surface area contributed by atoms with Crippen molar-refractivity contribution in [3.05, 3.63) is 78.2 Å². The van der Waals surface area contributed by atoms with E-state index >= 15 is 0 Å². The average Bonchev–Trinajstić information content (AvgIpc) is 3.82. The maximum Gasteiger partial charge on any atom is 2.00 e. The minimum atomic E-state index is -0.488. The van der Waals surface area contributed by atoms with Crippen molar-refractivity contribution in [1.82, 2.24) is 5.06 Å². The molecule has 0 aliphatic heterocycles. The number of nitrogens with zero attached hydrogens (tertiary/aromatic N) is 1. The van der Waals surface area contributed by atoms with Gasteiger partial charge in [-0.3, -0.25) is 18.8 Å². The standard InChI is InChI=1S/C28H39FO2.C23H39NO3.C7H6F.CH4.ClH.Mg/c1-26(31)14-15-27(2)19(17-26)8-9-20-21-10-11-23(28(21,3)13-12-22(20)27)25(30)16-18-6-4-5-7-24(18)29;1-21(26)12-13-22(2)15(14-21)6-7-16-17-8-9-19(20(25)24(4)27-5)23(17,3)11-10-18(16)22;1-6-4-2-3-5-7(6)8;;;/h4-7,19-23,31H,8-17H2,1-3H3;15-19,26H,6-14H2,1-5H3;2-5H,1H2;1H4;1H;/q;;-1;;;+2/p-1/t19-,20-,21-,22-,23+,26+,27-,28-;15-,16-,17-,18-,19+,21+,22-,23-;;;;/m00..../s1. The van der Waals surface area contributed by atoms with E-state index in [9.17, 15) is 28.6 Å². The van der Waals surface area contributed by atoms with Crippen molar-refractivity contribution in [3.8, 4) is 0 Å². The number of hydrogen-bond acceptors (Lipinski definition) is 5. The fraction of sp³-hybridized carbons (Fsp3) is 0.746. The van der Waals surface area contributed by atoms with E-state index in [0.29, 0.717) is 51.5 Å². The van der Waals surface area contributed by atoms with E-state index in [1.807, 2.05) is 19.9 Å². The number of carbonyl (C=O) groups is 2. The van der Waals surface area contributed by atoms with Gasteiger partial charge in [-0.25, -0.2) is 9.45 Å². The van der Waals surface area contributed by atoms with E-state index in [-0.39, 0.29) is 95.3 Å². The van der Waals surface area contributed by atoms with E-state index in [2.05, 4.69) is 34.6 Å². The van der Waals surface area contributed by atoms with Gasteiger partial charge in [0.1, 0.15) is 11.6 Å². The number of aliphatic hydroxyl groups is 2. The molecule has 10 heteroatoms. The summed E-state index contributed by atoms with van der Waals surface area (Å²) in [5.74, 6) is 5.74. The summed E-state index contributed by atoms with van der Waals surface area (Å²) < 4.78 is 26.4. The first-order valence-corrected chi connectivity index (χ1v) is 26.2. The number of halogens is 3. The molecule has 2 N–H and O–H groups in total. The molecule has 6 nitrogen and oxygen atoms in total. The van der Waals surface area contributed by atoms with Crippen molar-refractivity contribution in [2.75, 3.05) is 14.2 Å². The molecule has 2 aromatic rings. The molecule has 8 fully saturated rings. The summed E-state index contributed by atoms with van der Waals surface area (Å²) in [6.07, 6.45) is 20.5. The Balaban J connectivity index is 0.000000215. The normalized spacial score (nSPS) is 42.3. The van der Waals surface area contributed by atoms with E-state index < -0.39 is 11.2 Å². The summed E-state index contributed by atoms with van der Waals surface area (Å²) in [4.78, 5) is 31.5. The van der Waals surface area contributed by atoms with Crippen LogP contribution in [-0.2, 0) is 20.8 Å². The number of amides is 1. The molecule has 2 aromatic carbocycles. The van der Waals surface area contributed by atoms with Gasteiger partial charge in [-0.15, -0.1) is 6.07 Å². The average molecular weight is 989 g/mol. The Kier molecular flexibility index (Phi) is 18.5. The number of hydrogen-bond donors (Lipinski definition) is 2. The number of ketones is 1. The molecule has 1 amide bonds. The number of fused-ring (bicyclic) bond motifs is 10. The van der Waals surface area contributed by atoms with Gasteiger partial charge in [0.25, 0.3) is 0 Å². The molecule has 382 valence electrons. The summed E-state index contributed by atoms with van der Waals surface area (Å²) >= 11 is 0. The van der Waals surface area contributed by atoms with Crippen LogP contribution in [0.25, 0.3) is 0 Å². The first-order chi connectivity index (χ1) is 31.1. The fourth-order valence-corrected chi connectivity index (χ4v) is 17.6. The molecule has 0 unspecified atom stereocenters. The van der Waals surface area contributed by atoms with Gasteiger partial charge in [0.2, 0.25) is 5.91 Å². The third-order valence-corrected chi connectivity index (χ3v) is 21.5. The first kappa shape index (κ1) is 58.1. The minimum Gasteiger partial charge on any atom is -1.00 e. The van der Waals surface area contributed by atoms with Crippen LogP contribution in [0.2, 0.25) is 0 Å². The van der Waals surface area contributed by atoms with Gasteiger partial charge in [-0.05, 0) is 210 Å². The SMILES string of the molecule is C.CON(C)C(=O)[C@H]1CC[C@H]2[C@@H]3CC[C@H]4C[C@](C)(O)CC[C@]4(C)[C@H]3CC[C@]12C.C[C@@]1(O)CC[C@@]2(C)[C@@H](CC[C@@H]3[C@@H]2CC[C@]2(C)[C@@H](C(=O)Cc4ccccc4F)CC[C@@H]32)C1.[CH2-]c1ccccc1F.[Cl-].[Mg+2]. The number of benzene rings is 2. The summed E-state index contributed by atoms with van der Waals surface area (Å²) in [6.45, 7) is 17.3. The van der Waals surface area contributed by atoms with Gasteiger partial charge in [-0.2, -0.15) is 18.6 Å². The zero-order valence-electron chi connectivity index (χ0n) is 42.9. The van der Waals surface area contributed by atoms with Crippen molar-refractivity contribution in [2.45, 2.75) is 182 Å². The quantitative estimate of drug-likeness (QED) is 0.177. The molecule has 16 atom stereocenters. The van der Waals surface area contributed by atoms with Crippen LogP contribution in [0, 0.1) is 99.4 Å². The van der Waals surface area contributed by atoms with Gasteiger partial charge in [-0.1, -0.05) is 65.5 Å². The molecular formula is C59H88ClF2MgNO5. The number of Topliss-reactive ketones (excluding diaryl/α,β-unsaturated/α-hetero) is 1. The predicted molar refractivity (Wildman–Crippen MR) is 270 cm³/mol. The molecule has 0 spiro atoms. The second kappa shape index (κ2) is 22.0. The van der Waals surface area contributed by atoms with E-state index in [4.69, 9.17) is 4.84 Å². The van der Waals surface area contributed by atoms with Gasteiger partial charge >= 0.3 is 23.1 Å².